The molecule has 0 radical (unpaired) electrons. The molecule has 0 spiro atoms. The van der Waals surface area contributed by atoms with E-state index in [1.165, 1.54) is 0 Å². The van der Waals surface area contributed by atoms with Gasteiger partial charge in [-0.2, -0.15) is 0 Å². The first-order valence-corrected chi connectivity index (χ1v) is 8.86. The van der Waals surface area contributed by atoms with E-state index in [4.69, 9.17) is 0 Å². The summed E-state index contributed by atoms with van der Waals surface area (Å²) in [6.07, 6.45) is 4.92. The van der Waals surface area contributed by atoms with Crippen molar-refractivity contribution in [2.45, 2.75) is 66.1 Å². The van der Waals surface area contributed by atoms with Crippen LogP contribution in [0.2, 0.25) is 0 Å². The summed E-state index contributed by atoms with van der Waals surface area (Å²) in [6.45, 7) is 10.3. The second kappa shape index (κ2) is 5.29. The number of aliphatic hydroxyl groups is 2. The fraction of sp³-hybridized carbons (Fsp3) is 0.750. The quantitative estimate of drug-likeness (QED) is 0.721. The maximum absolute atomic E-state index is 12.7. The SMILES string of the molecule is C/C1=C/C2=C[C@H](C)C[C@@H]2[C@H](O)[C@]2(C)[C@H](O)CC(C)(C)[C@H]2CC1=O. The zero-order chi connectivity index (χ0) is 17.2. The number of fused-ring (bicyclic) bond motifs is 2. The largest absolute Gasteiger partial charge is 0.392 e. The van der Waals surface area contributed by atoms with Crippen molar-refractivity contribution < 1.29 is 15.0 Å². The minimum absolute atomic E-state index is 0.00824. The lowest BCUT2D eigenvalue weighted by Crippen LogP contribution is -2.48. The van der Waals surface area contributed by atoms with E-state index in [-0.39, 0.29) is 23.0 Å². The zero-order valence-corrected chi connectivity index (χ0v) is 15.0. The van der Waals surface area contributed by atoms with E-state index >= 15 is 0 Å². The molecule has 0 aromatic carbocycles. The van der Waals surface area contributed by atoms with Crippen molar-refractivity contribution >= 4 is 5.78 Å². The number of ketones is 1. The highest BCUT2D eigenvalue weighted by Gasteiger charge is 2.60. The smallest absolute Gasteiger partial charge is 0.158 e. The molecular formula is C20H30O3. The van der Waals surface area contributed by atoms with E-state index < -0.39 is 17.6 Å². The summed E-state index contributed by atoms with van der Waals surface area (Å²) in [5.74, 6) is 0.557. The van der Waals surface area contributed by atoms with Crippen LogP contribution in [0.3, 0.4) is 0 Å². The molecule has 0 amide bonds. The molecule has 0 aliphatic heterocycles. The lowest BCUT2D eigenvalue weighted by atomic mass is 9.63. The summed E-state index contributed by atoms with van der Waals surface area (Å²) in [4.78, 5) is 12.7. The van der Waals surface area contributed by atoms with Crippen LogP contribution in [0, 0.1) is 28.6 Å². The van der Waals surface area contributed by atoms with E-state index in [0.717, 1.165) is 17.6 Å². The van der Waals surface area contributed by atoms with Crippen molar-refractivity contribution in [2.24, 2.45) is 28.6 Å². The van der Waals surface area contributed by atoms with Crippen LogP contribution in [0.4, 0.5) is 0 Å². The van der Waals surface area contributed by atoms with Crippen molar-refractivity contribution in [2.75, 3.05) is 0 Å². The van der Waals surface area contributed by atoms with Gasteiger partial charge >= 0.3 is 0 Å². The first-order valence-electron chi connectivity index (χ1n) is 8.86. The van der Waals surface area contributed by atoms with Crippen LogP contribution in [-0.4, -0.2) is 28.2 Å². The molecule has 1 fully saturated rings. The molecule has 3 nitrogen and oxygen atoms in total. The Morgan fingerprint density at radius 3 is 2.52 bits per heavy atom. The highest BCUT2D eigenvalue weighted by atomic mass is 16.3. The molecule has 2 N–H and O–H groups in total. The third-order valence-electron chi connectivity index (χ3n) is 6.89. The lowest BCUT2D eigenvalue weighted by molar-refractivity contribution is -0.123. The molecule has 0 aromatic rings. The molecule has 23 heavy (non-hydrogen) atoms. The number of carbonyl (C=O) groups excluding carboxylic acids is 1. The minimum atomic E-state index is -0.633. The molecule has 1 saturated carbocycles. The average molecular weight is 318 g/mol. The van der Waals surface area contributed by atoms with Gasteiger partial charge in [0.05, 0.1) is 12.2 Å². The summed E-state index contributed by atoms with van der Waals surface area (Å²) in [7, 11) is 0. The normalized spacial score (nSPS) is 48.5. The third-order valence-corrected chi connectivity index (χ3v) is 6.89. The Morgan fingerprint density at radius 2 is 1.87 bits per heavy atom. The number of carbonyl (C=O) groups is 1. The third kappa shape index (κ3) is 2.44. The van der Waals surface area contributed by atoms with Crippen LogP contribution in [0.5, 0.6) is 0 Å². The summed E-state index contributed by atoms with van der Waals surface area (Å²) >= 11 is 0. The number of hydrogen-bond acceptors (Lipinski definition) is 3. The minimum Gasteiger partial charge on any atom is -0.392 e. The molecule has 128 valence electrons. The van der Waals surface area contributed by atoms with Gasteiger partial charge in [-0.25, -0.2) is 0 Å². The van der Waals surface area contributed by atoms with Gasteiger partial charge in [-0.3, -0.25) is 4.79 Å². The Bertz CT molecular complexity index is 586. The van der Waals surface area contributed by atoms with Crippen molar-refractivity contribution in [3.8, 4) is 0 Å². The van der Waals surface area contributed by atoms with Crippen LogP contribution in [-0.2, 0) is 4.79 Å². The highest BCUT2D eigenvalue weighted by Crippen LogP contribution is 2.60. The summed E-state index contributed by atoms with van der Waals surface area (Å²) in [5.41, 5.74) is 1.08. The standard InChI is InChI=1S/C20H30O3/c1-11-6-13-8-12(2)15(21)9-16-19(3,4)10-17(22)20(16,5)18(23)14(13)7-11/h6,8,11,14,16-18,22-23H,7,9-10H2,1-5H3/b12-8-/t11-,14-,16+,17+,18-,20-/m0/s1. The van der Waals surface area contributed by atoms with Gasteiger partial charge in [0.1, 0.15) is 0 Å². The first-order chi connectivity index (χ1) is 10.6. The van der Waals surface area contributed by atoms with Gasteiger partial charge in [0.2, 0.25) is 0 Å². The summed E-state index contributed by atoms with van der Waals surface area (Å²) < 4.78 is 0. The zero-order valence-electron chi connectivity index (χ0n) is 15.0. The molecular weight excluding hydrogens is 288 g/mol. The van der Waals surface area contributed by atoms with E-state index in [0.29, 0.717) is 18.8 Å². The average Bonchev–Trinajstić information content (AvgIpc) is 2.88. The fourth-order valence-corrected chi connectivity index (χ4v) is 5.47. The van der Waals surface area contributed by atoms with Gasteiger partial charge in [-0.15, -0.1) is 0 Å². The number of allylic oxidation sites excluding steroid dienone is 3. The number of Topliss-reactive ketones (excluding diaryl/α,β-unsaturated/α-hetero) is 1. The van der Waals surface area contributed by atoms with E-state index in [1.54, 1.807) is 0 Å². The van der Waals surface area contributed by atoms with Crippen molar-refractivity contribution in [3.63, 3.8) is 0 Å². The Morgan fingerprint density at radius 1 is 1.22 bits per heavy atom. The summed E-state index contributed by atoms with van der Waals surface area (Å²) in [5, 5.41) is 22.1. The number of hydrogen-bond donors (Lipinski definition) is 2. The monoisotopic (exact) mass is 318 g/mol. The predicted octanol–water partition coefficient (Wildman–Crippen LogP) is 3.26. The first kappa shape index (κ1) is 16.9. The molecule has 6 atom stereocenters. The molecule has 0 saturated heterocycles. The Hall–Kier alpha value is -0.930. The van der Waals surface area contributed by atoms with Gasteiger partial charge in [0, 0.05) is 17.8 Å². The molecule has 3 aliphatic carbocycles. The predicted molar refractivity (Wildman–Crippen MR) is 90.7 cm³/mol. The number of rotatable bonds is 0. The molecule has 0 heterocycles. The molecule has 3 rings (SSSR count). The van der Waals surface area contributed by atoms with Gasteiger partial charge in [-0.1, -0.05) is 39.8 Å². The molecule has 3 aliphatic rings. The van der Waals surface area contributed by atoms with Crippen LogP contribution >= 0.6 is 0 Å². The highest BCUT2D eigenvalue weighted by molar-refractivity contribution is 5.95. The van der Waals surface area contributed by atoms with Crippen LogP contribution in [0.25, 0.3) is 0 Å². The van der Waals surface area contributed by atoms with Gasteiger partial charge < -0.3 is 10.2 Å². The maximum Gasteiger partial charge on any atom is 0.158 e. The Labute approximate surface area is 139 Å². The fourth-order valence-electron chi connectivity index (χ4n) is 5.47. The van der Waals surface area contributed by atoms with Crippen LogP contribution in [0.15, 0.2) is 23.3 Å². The Balaban J connectivity index is 2.13. The van der Waals surface area contributed by atoms with Gasteiger partial charge in [-0.05, 0) is 48.2 Å². The second-order valence-corrected chi connectivity index (χ2v) is 9.01. The van der Waals surface area contributed by atoms with Crippen LogP contribution < -0.4 is 0 Å². The Kier molecular flexibility index (Phi) is 3.89. The molecule has 0 unspecified atom stereocenters. The molecule has 0 bridgehead atoms. The van der Waals surface area contributed by atoms with E-state index in [1.807, 2.05) is 19.9 Å². The molecule has 3 heteroatoms. The number of aliphatic hydroxyl groups excluding tert-OH is 2. The van der Waals surface area contributed by atoms with Crippen molar-refractivity contribution in [1.82, 2.24) is 0 Å². The van der Waals surface area contributed by atoms with Crippen LogP contribution in [0.1, 0.15) is 53.9 Å². The summed E-state index contributed by atoms with van der Waals surface area (Å²) in [6, 6.07) is 0. The lowest BCUT2D eigenvalue weighted by Gasteiger charge is -2.44. The van der Waals surface area contributed by atoms with Crippen molar-refractivity contribution in [1.29, 1.82) is 0 Å². The molecule has 0 aromatic heterocycles. The van der Waals surface area contributed by atoms with Gasteiger partial charge in [0.25, 0.3) is 0 Å². The van der Waals surface area contributed by atoms with E-state index in [2.05, 4.69) is 26.8 Å². The van der Waals surface area contributed by atoms with E-state index in [9.17, 15) is 15.0 Å². The second-order valence-electron chi connectivity index (χ2n) is 9.01. The maximum atomic E-state index is 12.7. The van der Waals surface area contributed by atoms with Crippen molar-refractivity contribution in [3.05, 3.63) is 23.3 Å². The van der Waals surface area contributed by atoms with Gasteiger partial charge in [0.15, 0.2) is 5.78 Å². The topological polar surface area (TPSA) is 57.5 Å².